The van der Waals surface area contributed by atoms with Crippen LogP contribution in [0.15, 0.2) is 54.6 Å². The first-order chi connectivity index (χ1) is 17.8. The summed E-state index contributed by atoms with van der Waals surface area (Å²) < 4.78 is 43.7. The molecule has 192 valence electrons. The van der Waals surface area contributed by atoms with Crippen molar-refractivity contribution >= 4 is 11.9 Å². The van der Waals surface area contributed by atoms with Gasteiger partial charge in [-0.05, 0) is 71.3 Å². The lowest BCUT2D eigenvalue weighted by Gasteiger charge is -2.24. The van der Waals surface area contributed by atoms with E-state index < -0.39 is 6.36 Å². The lowest BCUT2D eigenvalue weighted by molar-refractivity contribution is -0.274. The van der Waals surface area contributed by atoms with Crippen molar-refractivity contribution in [2.75, 3.05) is 5.32 Å². The maximum atomic E-state index is 12.6. The standard InChI is InChI=1S/C25H24F3N7O2/c26-25(27,28)37-21-12-10-17(11-13-21)22-15-19(32-35(22)20-4-2-1-3-5-20)14-16-6-8-18(9-7-16)23(36)29-24-30-33-34-31-24/h6-13,15,20H,1-5,14H2,(H2,29,30,31,33,34,36). The minimum atomic E-state index is -4.73. The van der Waals surface area contributed by atoms with Gasteiger partial charge in [0.2, 0.25) is 5.95 Å². The Hall–Kier alpha value is -4.22. The van der Waals surface area contributed by atoms with Gasteiger partial charge in [0.15, 0.2) is 0 Å². The van der Waals surface area contributed by atoms with Gasteiger partial charge < -0.3 is 4.74 Å². The van der Waals surface area contributed by atoms with Crippen LogP contribution in [-0.4, -0.2) is 42.7 Å². The molecule has 2 N–H and O–H groups in total. The molecular formula is C25H24F3N7O2. The highest BCUT2D eigenvalue weighted by Crippen LogP contribution is 2.34. The van der Waals surface area contributed by atoms with E-state index in [9.17, 15) is 18.0 Å². The highest BCUT2D eigenvalue weighted by Gasteiger charge is 2.31. The Morgan fingerprint density at radius 1 is 1.05 bits per heavy atom. The van der Waals surface area contributed by atoms with Crippen molar-refractivity contribution in [2.45, 2.75) is 50.9 Å². The van der Waals surface area contributed by atoms with Crippen molar-refractivity contribution in [3.63, 3.8) is 0 Å². The molecule has 0 saturated heterocycles. The second-order valence-corrected chi connectivity index (χ2v) is 8.91. The number of nitrogens with zero attached hydrogens (tertiary/aromatic N) is 5. The molecule has 0 unspecified atom stereocenters. The van der Waals surface area contributed by atoms with Gasteiger partial charge in [0, 0.05) is 17.5 Å². The van der Waals surface area contributed by atoms with Crippen molar-refractivity contribution in [3.8, 4) is 17.0 Å². The number of nitrogens with one attached hydrogen (secondary N) is 2. The number of alkyl halides is 3. The second kappa shape index (κ2) is 10.4. The quantitative estimate of drug-likeness (QED) is 0.348. The minimum absolute atomic E-state index is 0.160. The molecule has 5 rings (SSSR count). The van der Waals surface area contributed by atoms with Crippen LogP contribution in [0.2, 0.25) is 0 Å². The van der Waals surface area contributed by atoms with Crippen molar-refractivity contribution < 1.29 is 22.7 Å². The molecule has 1 aliphatic carbocycles. The monoisotopic (exact) mass is 511 g/mol. The third-order valence-corrected chi connectivity index (χ3v) is 6.27. The van der Waals surface area contributed by atoms with Crippen LogP contribution in [0, 0.1) is 0 Å². The molecule has 9 nitrogen and oxygen atoms in total. The fourth-order valence-electron chi connectivity index (χ4n) is 4.55. The Kier molecular flexibility index (Phi) is 6.89. The van der Waals surface area contributed by atoms with E-state index >= 15 is 0 Å². The Labute approximate surface area is 210 Å². The molecule has 37 heavy (non-hydrogen) atoms. The van der Waals surface area contributed by atoms with Crippen LogP contribution in [0.1, 0.15) is 59.8 Å². The maximum absolute atomic E-state index is 12.6. The van der Waals surface area contributed by atoms with E-state index in [0.717, 1.165) is 48.2 Å². The number of amides is 1. The summed E-state index contributed by atoms with van der Waals surface area (Å²) in [5, 5.41) is 20.4. The number of hydrogen-bond acceptors (Lipinski definition) is 6. The van der Waals surface area contributed by atoms with Gasteiger partial charge in [-0.2, -0.15) is 5.10 Å². The average molecular weight is 512 g/mol. The van der Waals surface area contributed by atoms with E-state index in [1.165, 1.54) is 18.6 Å². The minimum Gasteiger partial charge on any atom is -0.406 e. The average Bonchev–Trinajstić information content (AvgIpc) is 3.55. The van der Waals surface area contributed by atoms with E-state index in [-0.39, 0.29) is 23.6 Å². The number of aromatic amines is 1. The Balaban J connectivity index is 1.36. The number of carbonyl (C=O) groups is 1. The molecule has 2 aromatic carbocycles. The summed E-state index contributed by atoms with van der Waals surface area (Å²) in [4.78, 5) is 12.3. The first-order valence-electron chi connectivity index (χ1n) is 11.9. The molecular weight excluding hydrogens is 487 g/mol. The van der Waals surface area contributed by atoms with Crippen molar-refractivity contribution in [3.05, 3.63) is 71.4 Å². The molecule has 1 saturated carbocycles. The number of aromatic nitrogens is 6. The van der Waals surface area contributed by atoms with Crippen LogP contribution >= 0.6 is 0 Å². The molecule has 0 bridgehead atoms. The third-order valence-electron chi connectivity index (χ3n) is 6.27. The third kappa shape index (κ3) is 6.13. The maximum Gasteiger partial charge on any atom is 0.573 e. The molecule has 1 fully saturated rings. The van der Waals surface area contributed by atoms with Crippen LogP contribution < -0.4 is 10.1 Å². The zero-order valence-electron chi connectivity index (χ0n) is 19.7. The summed E-state index contributed by atoms with van der Waals surface area (Å²) in [7, 11) is 0. The summed E-state index contributed by atoms with van der Waals surface area (Å²) in [5.74, 6) is -0.441. The predicted molar refractivity (Wildman–Crippen MR) is 128 cm³/mol. The van der Waals surface area contributed by atoms with Crippen LogP contribution in [0.4, 0.5) is 19.1 Å². The summed E-state index contributed by atoms with van der Waals surface area (Å²) in [5.41, 5.74) is 3.88. The number of ether oxygens (including phenoxy) is 1. The number of hydrogen-bond donors (Lipinski definition) is 2. The van der Waals surface area contributed by atoms with Crippen molar-refractivity contribution in [1.29, 1.82) is 0 Å². The van der Waals surface area contributed by atoms with Crippen LogP contribution in [0.5, 0.6) is 5.75 Å². The van der Waals surface area contributed by atoms with Gasteiger partial charge in [-0.1, -0.05) is 36.5 Å². The number of rotatable bonds is 7. The summed E-state index contributed by atoms with van der Waals surface area (Å²) in [6.07, 6.45) is 1.24. The fourth-order valence-corrected chi connectivity index (χ4v) is 4.55. The molecule has 2 heterocycles. The number of anilines is 1. The lowest BCUT2D eigenvalue weighted by Crippen LogP contribution is -2.17. The molecule has 0 aliphatic heterocycles. The molecule has 0 radical (unpaired) electrons. The van der Waals surface area contributed by atoms with Gasteiger partial charge in [0.25, 0.3) is 5.91 Å². The van der Waals surface area contributed by atoms with Crippen LogP contribution in [-0.2, 0) is 6.42 Å². The molecule has 2 aromatic heterocycles. The van der Waals surface area contributed by atoms with E-state index in [0.29, 0.717) is 12.0 Å². The predicted octanol–water partition coefficient (Wildman–Crippen LogP) is 5.31. The number of carbonyl (C=O) groups excluding carboxylic acids is 1. The molecule has 1 aliphatic rings. The SMILES string of the molecule is O=C(Nc1nnn[nH]1)c1ccc(Cc2cc(-c3ccc(OC(F)(F)F)cc3)n(C3CCCCC3)n2)cc1. The van der Waals surface area contributed by atoms with Gasteiger partial charge in [-0.15, -0.1) is 13.2 Å². The van der Waals surface area contributed by atoms with Crippen LogP contribution in [0.3, 0.4) is 0 Å². The zero-order valence-corrected chi connectivity index (χ0v) is 19.7. The Morgan fingerprint density at radius 2 is 1.78 bits per heavy atom. The van der Waals surface area contributed by atoms with Gasteiger partial charge in [-0.3, -0.25) is 14.8 Å². The first kappa shape index (κ1) is 24.5. The number of tetrazole rings is 1. The number of benzene rings is 2. The Morgan fingerprint density at radius 3 is 2.43 bits per heavy atom. The number of halogens is 3. The van der Waals surface area contributed by atoms with E-state index in [4.69, 9.17) is 5.10 Å². The van der Waals surface area contributed by atoms with Crippen molar-refractivity contribution in [2.24, 2.45) is 0 Å². The fraction of sp³-hybridized carbons (Fsp3) is 0.320. The van der Waals surface area contributed by atoms with Crippen LogP contribution in [0.25, 0.3) is 11.3 Å². The smallest absolute Gasteiger partial charge is 0.406 e. The number of H-pyrrole nitrogens is 1. The highest BCUT2D eigenvalue weighted by atomic mass is 19.4. The molecule has 4 aromatic rings. The highest BCUT2D eigenvalue weighted by molar-refractivity contribution is 6.03. The summed E-state index contributed by atoms with van der Waals surface area (Å²) in [6.45, 7) is 0. The lowest BCUT2D eigenvalue weighted by atomic mass is 9.95. The largest absolute Gasteiger partial charge is 0.573 e. The summed E-state index contributed by atoms with van der Waals surface area (Å²) in [6, 6.07) is 15.2. The first-order valence-corrected chi connectivity index (χ1v) is 11.9. The molecule has 1 amide bonds. The second-order valence-electron chi connectivity index (χ2n) is 8.91. The van der Waals surface area contributed by atoms with Gasteiger partial charge in [-0.25, -0.2) is 5.10 Å². The molecule has 0 spiro atoms. The zero-order chi connectivity index (χ0) is 25.8. The summed E-state index contributed by atoms with van der Waals surface area (Å²) >= 11 is 0. The van der Waals surface area contributed by atoms with E-state index in [1.807, 2.05) is 22.9 Å². The van der Waals surface area contributed by atoms with E-state index in [1.54, 1.807) is 24.3 Å². The van der Waals surface area contributed by atoms with Gasteiger partial charge >= 0.3 is 6.36 Å². The van der Waals surface area contributed by atoms with Gasteiger partial charge in [0.05, 0.1) is 17.4 Å². The van der Waals surface area contributed by atoms with Crippen molar-refractivity contribution in [1.82, 2.24) is 30.4 Å². The van der Waals surface area contributed by atoms with E-state index in [2.05, 4.69) is 30.7 Å². The Bertz CT molecular complexity index is 1330. The topological polar surface area (TPSA) is 111 Å². The molecule has 12 heteroatoms. The van der Waals surface area contributed by atoms with Gasteiger partial charge in [0.1, 0.15) is 5.75 Å². The normalized spacial score (nSPS) is 14.5. The molecule has 0 atom stereocenters.